The van der Waals surface area contributed by atoms with Crippen LogP contribution in [0.1, 0.15) is 22.6 Å². The molecule has 0 saturated heterocycles. The Bertz CT molecular complexity index is 922. The zero-order valence-corrected chi connectivity index (χ0v) is 15.8. The van der Waals surface area contributed by atoms with Gasteiger partial charge in [0.2, 0.25) is 5.88 Å². The van der Waals surface area contributed by atoms with Crippen molar-refractivity contribution in [2.75, 3.05) is 20.7 Å². The van der Waals surface area contributed by atoms with Crippen LogP contribution >= 0.6 is 0 Å². The van der Waals surface area contributed by atoms with Gasteiger partial charge in [0.1, 0.15) is 11.5 Å². The van der Waals surface area contributed by atoms with Gasteiger partial charge in [-0.15, -0.1) is 0 Å². The van der Waals surface area contributed by atoms with Crippen LogP contribution in [0.3, 0.4) is 0 Å². The Kier molecular flexibility index (Phi) is 5.80. The maximum absolute atomic E-state index is 12.8. The van der Waals surface area contributed by atoms with Crippen LogP contribution in [0, 0.1) is 0 Å². The predicted molar refractivity (Wildman–Crippen MR) is 103 cm³/mol. The average Bonchev–Trinajstić information content (AvgIpc) is 3.12. The van der Waals surface area contributed by atoms with Crippen LogP contribution in [0.5, 0.6) is 5.88 Å². The highest BCUT2D eigenvalue weighted by Gasteiger charge is 2.15. The van der Waals surface area contributed by atoms with Gasteiger partial charge in [0, 0.05) is 63.0 Å². The Morgan fingerprint density at radius 1 is 1.19 bits per heavy atom. The number of amides is 1. The molecule has 0 bridgehead atoms. The molecule has 0 spiro atoms. The molecule has 27 heavy (non-hydrogen) atoms. The van der Waals surface area contributed by atoms with E-state index in [-0.39, 0.29) is 5.91 Å². The number of methoxy groups -OCH3 is 1. The van der Waals surface area contributed by atoms with Gasteiger partial charge < -0.3 is 14.2 Å². The van der Waals surface area contributed by atoms with Crippen LogP contribution in [-0.2, 0) is 13.5 Å². The summed E-state index contributed by atoms with van der Waals surface area (Å²) in [5.41, 5.74) is 2.03. The van der Waals surface area contributed by atoms with Crippen molar-refractivity contribution in [2.45, 2.75) is 12.8 Å². The minimum Gasteiger partial charge on any atom is -0.479 e. The number of aryl methyl sites for hydroxylation is 2. The fourth-order valence-electron chi connectivity index (χ4n) is 2.91. The van der Waals surface area contributed by atoms with Gasteiger partial charge in [0.15, 0.2) is 0 Å². The predicted octanol–water partition coefficient (Wildman–Crippen LogP) is 2.59. The molecule has 2 heterocycles. The summed E-state index contributed by atoms with van der Waals surface area (Å²) in [6.45, 7) is 0.657. The smallest absolute Gasteiger partial charge is 0.253 e. The maximum atomic E-state index is 12.8. The van der Waals surface area contributed by atoms with Crippen LogP contribution in [0.2, 0.25) is 0 Å². The second-order valence-corrected chi connectivity index (χ2v) is 6.28. The molecule has 0 unspecified atom stereocenters. The zero-order valence-electron chi connectivity index (χ0n) is 15.8. The molecule has 0 aliphatic rings. The highest BCUT2D eigenvalue weighted by Crippen LogP contribution is 2.26. The number of rotatable bonds is 7. The number of hydrogen-bond acceptors (Lipinski definition) is 5. The number of carbonyl (C=O) groups excluding carboxylic acids is 1. The molecule has 1 amide bonds. The molecule has 0 N–H and O–H groups in total. The van der Waals surface area contributed by atoms with Crippen LogP contribution in [0.4, 0.5) is 0 Å². The fourth-order valence-corrected chi connectivity index (χ4v) is 2.91. The summed E-state index contributed by atoms with van der Waals surface area (Å²) in [4.78, 5) is 27.3. The first-order valence-electron chi connectivity index (χ1n) is 8.77. The molecular weight excluding hydrogens is 342 g/mol. The summed E-state index contributed by atoms with van der Waals surface area (Å²) in [7, 11) is 5.34. The van der Waals surface area contributed by atoms with Gasteiger partial charge in [-0.2, -0.15) is 0 Å². The zero-order chi connectivity index (χ0) is 19.2. The summed E-state index contributed by atoms with van der Waals surface area (Å²) in [6.07, 6.45) is 8.58. The van der Waals surface area contributed by atoms with E-state index >= 15 is 0 Å². The van der Waals surface area contributed by atoms with E-state index in [0.29, 0.717) is 23.7 Å². The molecular formula is C20H23N5O2. The van der Waals surface area contributed by atoms with Crippen molar-refractivity contribution in [1.82, 2.24) is 24.4 Å². The third-order valence-corrected chi connectivity index (χ3v) is 4.40. The SMILES string of the molecule is COc1nccnc1-c1cccc(C(=O)N(C)CCCc2nccn2C)c1. The van der Waals surface area contributed by atoms with Gasteiger partial charge >= 0.3 is 0 Å². The van der Waals surface area contributed by atoms with Gasteiger partial charge in [0.25, 0.3) is 5.91 Å². The van der Waals surface area contributed by atoms with Gasteiger partial charge in [-0.3, -0.25) is 4.79 Å². The summed E-state index contributed by atoms with van der Waals surface area (Å²) < 4.78 is 7.27. The Morgan fingerprint density at radius 3 is 2.74 bits per heavy atom. The highest BCUT2D eigenvalue weighted by atomic mass is 16.5. The Labute approximate surface area is 158 Å². The topological polar surface area (TPSA) is 73.1 Å². The number of benzene rings is 1. The minimum absolute atomic E-state index is 0.0282. The normalized spacial score (nSPS) is 10.6. The van der Waals surface area contributed by atoms with Crippen molar-refractivity contribution in [1.29, 1.82) is 0 Å². The Hall–Kier alpha value is -3.22. The van der Waals surface area contributed by atoms with Crippen molar-refractivity contribution in [3.63, 3.8) is 0 Å². The minimum atomic E-state index is -0.0282. The van der Waals surface area contributed by atoms with E-state index in [1.165, 1.54) is 0 Å². The monoisotopic (exact) mass is 365 g/mol. The summed E-state index contributed by atoms with van der Waals surface area (Å²) in [5, 5.41) is 0. The van der Waals surface area contributed by atoms with E-state index in [0.717, 1.165) is 24.2 Å². The molecule has 140 valence electrons. The molecule has 3 aromatic rings. The van der Waals surface area contributed by atoms with E-state index in [9.17, 15) is 4.79 Å². The van der Waals surface area contributed by atoms with Crippen LogP contribution < -0.4 is 4.74 Å². The number of aromatic nitrogens is 4. The molecule has 0 saturated carbocycles. The van der Waals surface area contributed by atoms with Crippen LogP contribution in [0.15, 0.2) is 49.1 Å². The first kappa shape index (κ1) is 18.6. The van der Waals surface area contributed by atoms with E-state index in [1.807, 2.05) is 49.1 Å². The lowest BCUT2D eigenvalue weighted by Crippen LogP contribution is -2.28. The molecule has 0 atom stereocenters. The van der Waals surface area contributed by atoms with E-state index < -0.39 is 0 Å². The van der Waals surface area contributed by atoms with Gasteiger partial charge in [-0.05, 0) is 18.6 Å². The molecule has 0 radical (unpaired) electrons. The lowest BCUT2D eigenvalue weighted by atomic mass is 10.1. The maximum Gasteiger partial charge on any atom is 0.253 e. The molecule has 7 nitrogen and oxygen atoms in total. The Balaban J connectivity index is 1.68. The summed E-state index contributed by atoms with van der Waals surface area (Å²) >= 11 is 0. The number of nitrogens with zero attached hydrogens (tertiary/aromatic N) is 5. The number of carbonyl (C=O) groups is 1. The van der Waals surface area contributed by atoms with Gasteiger partial charge in [0.05, 0.1) is 7.11 Å². The summed E-state index contributed by atoms with van der Waals surface area (Å²) in [5.74, 6) is 1.43. The Morgan fingerprint density at radius 2 is 2.00 bits per heavy atom. The fraction of sp³-hybridized carbons (Fsp3) is 0.300. The van der Waals surface area contributed by atoms with E-state index in [4.69, 9.17) is 4.74 Å². The molecule has 0 fully saturated rings. The first-order valence-corrected chi connectivity index (χ1v) is 8.77. The highest BCUT2D eigenvalue weighted by molar-refractivity contribution is 5.95. The first-order chi connectivity index (χ1) is 13.1. The van der Waals surface area contributed by atoms with Crippen molar-refractivity contribution in [2.24, 2.45) is 7.05 Å². The quantitative estimate of drug-likeness (QED) is 0.643. The van der Waals surface area contributed by atoms with E-state index in [2.05, 4.69) is 15.0 Å². The summed E-state index contributed by atoms with van der Waals surface area (Å²) in [6, 6.07) is 7.37. The second-order valence-electron chi connectivity index (χ2n) is 6.28. The number of imidazole rings is 1. The third kappa shape index (κ3) is 4.31. The lowest BCUT2D eigenvalue weighted by Gasteiger charge is -2.17. The van der Waals surface area contributed by atoms with Crippen molar-refractivity contribution in [3.8, 4) is 17.1 Å². The standard InChI is InChI=1S/C20H23N5O2/c1-24-13-11-21-17(24)8-5-12-25(2)20(26)16-7-4-6-15(14-16)18-19(27-3)23-10-9-22-18/h4,6-7,9-11,13-14H,5,8,12H2,1-3H3. The van der Waals surface area contributed by atoms with Gasteiger partial charge in [-0.1, -0.05) is 12.1 Å². The van der Waals surface area contributed by atoms with Crippen molar-refractivity contribution in [3.05, 3.63) is 60.4 Å². The van der Waals surface area contributed by atoms with E-state index in [1.54, 1.807) is 30.6 Å². The molecule has 7 heteroatoms. The molecule has 3 rings (SSSR count). The van der Waals surface area contributed by atoms with Crippen molar-refractivity contribution >= 4 is 5.91 Å². The van der Waals surface area contributed by atoms with Crippen LogP contribution in [0.25, 0.3) is 11.3 Å². The largest absolute Gasteiger partial charge is 0.479 e. The molecule has 0 aliphatic heterocycles. The van der Waals surface area contributed by atoms with Crippen LogP contribution in [-0.4, -0.2) is 51.0 Å². The third-order valence-electron chi connectivity index (χ3n) is 4.40. The number of hydrogen-bond donors (Lipinski definition) is 0. The van der Waals surface area contributed by atoms with Crippen molar-refractivity contribution < 1.29 is 9.53 Å². The molecule has 0 aliphatic carbocycles. The second kappa shape index (κ2) is 8.44. The molecule has 2 aromatic heterocycles. The van der Waals surface area contributed by atoms with Gasteiger partial charge in [-0.25, -0.2) is 15.0 Å². The lowest BCUT2D eigenvalue weighted by molar-refractivity contribution is 0.0793. The molecule has 1 aromatic carbocycles. The number of ether oxygens (including phenoxy) is 1. The average molecular weight is 365 g/mol.